The third-order valence-electron chi connectivity index (χ3n) is 2.79. The number of halogens is 3. The van der Waals surface area contributed by atoms with Crippen molar-refractivity contribution in [1.82, 2.24) is 5.32 Å². The molecule has 1 rings (SSSR count). The molecule has 20 heavy (non-hydrogen) atoms. The van der Waals surface area contributed by atoms with Gasteiger partial charge in [0, 0.05) is 0 Å². The maximum Gasteiger partial charge on any atom is 0.416 e. The van der Waals surface area contributed by atoms with Gasteiger partial charge in [-0.3, -0.25) is 9.59 Å². The maximum absolute atomic E-state index is 12.6. The number of alkyl halides is 3. The summed E-state index contributed by atoms with van der Waals surface area (Å²) in [7, 11) is 0. The molecule has 1 aromatic rings. The lowest BCUT2D eigenvalue weighted by Crippen LogP contribution is -2.53. The van der Waals surface area contributed by atoms with Crippen LogP contribution in [0.2, 0.25) is 0 Å². The van der Waals surface area contributed by atoms with Crippen LogP contribution in [0.3, 0.4) is 0 Å². The number of nitrogens with one attached hydrogen (secondary N) is 1. The van der Waals surface area contributed by atoms with E-state index in [1.165, 1.54) is 13.0 Å². The first kappa shape index (κ1) is 16.0. The highest BCUT2D eigenvalue weighted by Crippen LogP contribution is 2.32. The number of carbonyl (C=O) groups excluding carboxylic acids is 2. The largest absolute Gasteiger partial charge is 0.416 e. The molecule has 0 saturated heterocycles. The van der Waals surface area contributed by atoms with Crippen molar-refractivity contribution in [3.05, 3.63) is 35.4 Å². The van der Waals surface area contributed by atoms with Crippen LogP contribution in [0, 0.1) is 0 Å². The van der Waals surface area contributed by atoms with Crippen LogP contribution in [0.15, 0.2) is 24.3 Å². The Bertz CT molecular complexity index is 531. The molecular formula is C12H13F3N2O3. The predicted molar refractivity (Wildman–Crippen MR) is 63.2 cm³/mol. The van der Waals surface area contributed by atoms with Crippen LogP contribution in [-0.2, 0) is 21.3 Å². The number of rotatable bonds is 4. The van der Waals surface area contributed by atoms with Crippen molar-refractivity contribution in [2.45, 2.75) is 18.6 Å². The molecule has 0 aliphatic carbocycles. The van der Waals surface area contributed by atoms with Crippen molar-refractivity contribution < 1.29 is 27.9 Å². The quantitative estimate of drug-likeness (QED) is 0.754. The molecule has 0 saturated carbocycles. The summed E-state index contributed by atoms with van der Waals surface area (Å²) in [5.41, 5.74) is 2.21. The molecule has 4 N–H and O–H groups in total. The van der Waals surface area contributed by atoms with Gasteiger partial charge < -0.3 is 16.2 Å². The van der Waals surface area contributed by atoms with Gasteiger partial charge >= 0.3 is 6.18 Å². The number of amides is 2. The zero-order valence-corrected chi connectivity index (χ0v) is 10.5. The molecule has 1 atom stereocenters. The van der Waals surface area contributed by atoms with Gasteiger partial charge in [-0.25, -0.2) is 0 Å². The number of aliphatic hydroxyl groups is 1. The molecule has 5 nitrogen and oxygen atoms in total. The molecule has 0 bridgehead atoms. The van der Waals surface area contributed by atoms with Gasteiger partial charge in [-0.1, -0.05) is 12.1 Å². The normalized spacial score (nSPS) is 14.4. The predicted octanol–water partition coefficient (Wildman–Crippen LogP) is 0.514. The van der Waals surface area contributed by atoms with Crippen molar-refractivity contribution in [2.24, 2.45) is 5.73 Å². The Hall–Kier alpha value is -2.09. The summed E-state index contributed by atoms with van der Waals surface area (Å²) in [6, 6.07) is 3.89. The van der Waals surface area contributed by atoms with Crippen LogP contribution in [-0.4, -0.2) is 23.5 Å². The molecule has 1 unspecified atom stereocenters. The molecular weight excluding hydrogens is 277 g/mol. The number of carbonyl (C=O) groups is 2. The van der Waals surface area contributed by atoms with Crippen molar-refractivity contribution in [2.75, 3.05) is 6.61 Å². The third-order valence-corrected chi connectivity index (χ3v) is 2.79. The molecule has 2 amide bonds. The van der Waals surface area contributed by atoms with Crippen LogP contribution in [0.25, 0.3) is 0 Å². The van der Waals surface area contributed by atoms with Crippen LogP contribution >= 0.6 is 0 Å². The van der Waals surface area contributed by atoms with Crippen LogP contribution in [0.5, 0.6) is 0 Å². The van der Waals surface area contributed by atoms with E-state index in [-0.39, 0.29) is 5.56 Å². The highest BCUT2D eigenvalue weighted by molar-refractivity contribution is 5.91. The molecule has 0 fully saturated rings. The zero-order valence-electron chi connectivity index (χ0n) is 10.5. The van der Waals surface area contributed by atoms with E-state index in [0.717, 1.165) is 18.2 Å². The monoisotopic (exact) mass is 290 g/mol. The standard InChI is InChI=1S/C12H13F3N2O3/c1-11(10(16)20,17-9(19)6-18)7-3-2-4-8(5-7)12(13,14)15/h2-5,18H,6H2,1H3,(H2,16,20)(H,17,19). The zero-order chi connectivity index (χ0) is 15.6. The molecule has 0 spiro atoms. The van der Waals surface area contributed by atoms with Crippen molar-refractivity contribution in [3.63, 3.8) is 0 Å². The topological polar surface area (TPSA) is 92.4 Å². The minimum atomic E-state index is -4.59. The first-order chi connectivity index (χ1) is 9.11. The number of primary amides is 1. The first-order valence-electron chi connectivity index (χ1n) is 5.51. The number of benzene rings is 1. The van der Waals surface area contributed by atoms with Crippen molar-refractivity contribution in [1.29, 1.82) is 0 Å². The van der Waals surface area contributed by atoms with Crippen LogP contribution in [0.4, 0.5) is 13.2 Å². The number of hydrogen-bond acceptors (Lipinski definition) is 3. The first-order valence-corrected chi connectivity index (χ1v) is 5.51. The lowest BCUT2D eigenvalue weighted by atomic mass is 9.89. The van der Waals surface area contributed by atoms with Gasteiger partial charge in [0.25, 0.3) is 0 Å². The molecule has 0 aliphatic rings. The minimum Gasteiger partial charge on any atom is -0.387 e. The van der Waals surface area contributed by atoms with E-state index >= 15 is 0 Å². The summed E-state index contributed by atoms with van der Waals surface area (Å²) < 4.78 is 37.9. The molecule has 8 heteroatoms. The van der Waals surface area contributed by atoms with Gasteiger partial charge in [0.1, 0.15) is 12.1 Å². The van der Waals surface area contributed by atoms with Crippen LogP contribution in [0.1, 0.15) is 18.1 Å². The fraction of sp³-hybridized carbons (Fsp3) is 0.333. The SMILES string of the molecule is CC(NC(=O)CO)(C(N)=O)c1cccc(C(F)(F)F)c1. The Kier molecular flexibility index (Phi) is 4.39. The molecule has 110 valence electrons. The highest BCUT2D eigenvalue weighted by atomic mass is 19.4. The molecule has 1 aromatic carbocycles. The summed E-state index contributed by atoms with van der Waals surface area (Å²) in [5, 5.41) is 10.8. The van der Waals surface area contributed by atoms with Gasteiger partial charge in [0.05, 0.1) is 5.56 Å². The second kappa shape index (κ2) is 5.49. The Balaban J connectivity index is 3.29. The van der Waals surface area contributed by atoms with Gasteiger partial charge in [0.15, 0.2) is 0 Å². The molecule has 0 radical (unpaired) electrons. The summed E-state index contributed by atoms with van der Waals surface area (Å²) in [6.07, 6.45) is -4.59. The van der Waals surface area contributed by atoms with E-state index in [1.807, 2.05) is 0 Å². The maximum atomic E-state index is 12.6. The minimum absolute atomic E-state index is 0.123. The van der Waals surface area contributed by atoms with Gasteiger partial charge in [-0.05, 0) is 24.6 Å². The summed E-state index contributed by atoms with van der Waals surface area (Å²) in [6.45, 7) is 0.250. The Labute approximate surface area is 112 Å². The number of hydrogen-bond donors (Lipinski definition) is 3. The Morgan fingerprint density at radius 3 is 2.30 bits per heavy atom. The van der Waals surface area contributed by atoms with Gasteiger partial charge in [-0.15, -0.1) is 0 Å². The third kappa shape index (κ3) is 3.27. The van der Waals surface area contributed by atoms with Gasteiger partial charge in [-0.2, -0.15) is 13.2 Å². The lowest BCUT2D eigenvalue weighted by molar-refractivity contribution is -0.138. The fourth-order valence-corrected chi connectivity index (χ4v) is 1.60. The Morgan fingerprint density at radius 1 is 1.30 bits per heavy atom. The smallest absolute Gasteiger partial charge is 0.387 e. The summed E-state index contributed by atoms with van der Waals surface area (Å²) >= 11 is 0. The number of nitrogens with two attached hydrogens (primary N) is 1. The number of aliphatic hydroxyl groups excluding tert-OH is 1. The fourth-order valence-electron chi connectivity index (χ4n) is 1.60. The average Bonchev–Trinajstić information content (AvgIpc) is 2.37. The van der Waals surface area contributed by atoms with Crippen molar-refractivity contribution >= 4 is 11.8 Å². The van der Waals surface area contributed by atoms with E-state index in [0.29, 0.717) is 0 Å². The van der Waals surface area contributed by atoms with Crippen molar-refractivity contribution in [3.8, 4) is 0 Å². The van der Waals surface area contributed by atoms with Crippen LogP contribution < -0.4 is 11.1 Å². The molecule has 0 aliphatic heterocycles. The summed E-state index contributed by atoms with van der Waals surface area (Å²) in [5.74, 6) is -1.97. The second-order valence-corrected chi connectivity index (χ2v) is 4.27. The van der Waals surface area contributed by atoms with E-state index in [9.17, 15) is 22.8 Å². The van der Waals surface area contributed by atoms with E-state index in [1.54, 1.807) is 0 Å². The summed E-state index contributed by atoms with van der Waals surface area (Å²) in [4.78, 5) is 22.7. The van der Waals surface area contributed by atoms with E-state index in [4.69, 9.17) is 10.8 Å². The van der Waals surface area contributed by atoms with E-state index in [2.05, 4.69) is 5.32 Å². The second-order valence-electron chi connectivity index (χ2n) is 4.27. The average molecular weight is 290 g/mol. The highest BCUT2D eigenvalue weighted by Gasteiger charge is 2.37. The van der Waals surface area contributed by atoms with E-state index < -0.39 is 35.7 Å². The molecule has 0 aromatic heterocycles. The van der Waals surface area contributed by atoms with Gasteiger partial charge in [0.2, 0.25) is 11.8 Å². The Morgan fingerprint density at radius 2 is 1.85 bits per heavy atom. The lowest BCUT2D eigenvalue weighted by Gasteiger charge is -2.28. The molecule has 0 heterocycles.